The zero-order valence-corrected chi connectivity index (χ0v) is 12.5. The molecule has 1 fully saturated rings. The van der Waals surface area contributed by atoms with E-state index in [1.54, 1.807) is 10.9 Å². The molecule has 0 bridgehead atoms. The minimum atomic E-state index is 0.490. The van der Waals surface area contributed by atoms with Gasteiger partial charge in [-0.3, -0.25) is 0 Å². The lowest BCUT2D eigenvalue weighted by Gasteiger charge is -2.23. The molecule has 2 heterocycles. The molecule has 0 saturated heterocycles. The smallest absolute Gasteiger partial charge is 0.0538 e. The van der Waals surface area contributed by atoms with Gasteiger partial charge in [0.15, 0.2) is 0 Å². The number of hydrogen-bond acceptors (Lipinski definition) is 3. The summed E-state index contributed by atoms with van der Waals surface area (Å²) in [7, 11) is 0. The van der Waals surface area contributed by atoms with Crippen LogP contribution in [0.1, 0.15) is 42.2 Å². The summed E-state index contributed by atoms with van der Waals surface area (Å²) in [4.78, 5) is 1.47. The maximum absolute atomic E-state index is 4.23. The molecule has 1 aliphatic carbocycles. The Morgan fingerprint density at radius 2 is 2.35 bits per heavy atom. The minimum absolute atomic E-state index is 0.490. The maximum Gasteiger partial charge on any atom is 0.0538 e. The monoisotopic (exact) mass is 287 g/mol. The van der Waals surface area contributed by atoms with Gasteiger partial charge < -0.3 is 5.32 Å². The second kappa shape index (κ2) is 6.37. The van der Waals surface area contributed by atoms with Crippen LogP contribution in [-0.2, 0) is 6.54 Å². The van der Waals surface area contributed by atoms with Crippen molar-refractivity contribution in [3.05, 3.63) is 46.9 Å². The molecule has 1 N–H and O–H groups in total. The van der Waals surface area contributed by atoms with Gasteiger partial charge in [-0.25, -0.2) is 4.68 Å². The van der Waals surface area contributed by atoms with Crippen molar-refractivity contribution in [3.63, 3.8) is 0 Å². The third-order valence-electron chi connectivity index (χ3n) is 4.09. The molecule has 0 aromatic carbocycles. The number of rotatable bonds is 6. The summed E-state index contributed by atoms with van der Waals surface area (Å²) >= 11 is 1.86. The molecule has 0 amide bonds. The van der Waals surface area contributed by atoms with Gasteiger partial charge in [0, 0.05) is 35.4 Å². The van der Waals surface area contributed by atoms with Gasteiger partial charge in [0.25, 0.3) is 0 Å². The highest BCUT2D eigenvalue weighted by Gasteiger charge is 2.26. The average Bonchev–Trinajstić information content (AvgIpc) is 3.22. The number of nitrogens with zero attached hydrogens (tertiary/aromatic N) is 2. The molecule has 20 heavy (non-hydrogen) atoms. The Kier molecular flexibility index (Phi) is 4.33. The highest BCUT2D eigenvalue weighted by Crippen LogP contribution is 2.37. The first-order valence-corrected chi connectivity index (χ1v) is 8.17. The third-order valence-corrected chi connectivity index (χ3v) is 5.04. The van der Waals surface area contributed by atoms with Crippen LogP contribution in [0, 0.1) is 5.92 Å². The minimum Gasteiger partial charge on any atom is -0.305 e. The summed E-state index contributed by atoms with van der Waals surface area (Å²) in [5.41, 5.74) is 1.21. The van der Waals surface area contributed by atoms with Crippen molar-refractivity contribution in [1.82, 2.24) is 15.1 Å². The lowest BCUT2D eigenvalue weighted by molar-refractivity contribution is 0.371. The van der Waals surface area contributed by atoms with E-state index in [4.69, 9.17) is 0 Å². The molecule has 106 valence electrons. The Labute approximate surface area is 124 Å². The lowest BCUT2D eigenvalue weighted by atomic mass is 9.96. The van der Waals surface area contributed by atoms with E-state index >= 15 is 0 Å². The molecule has 0 spiro atoms. The molecule has 2 aromatic rings. The van der Waals surface area contributed by atoms with Gasteiger partial charge >= 0.3 is 0 Å². The number of aromatic nitrogens is 2. The average molecular weight is 287 g/mol. The molecule has 4 heteroatoms. The van der Waals surface area contributed by atoms with Crippen molar-refractivity contribution in [2.45, 2.75) is 38.3 Å². The molecule has 1 saturated carbocycles. The van der Waals surface area contributed by atoms with Crippen LogP contribution in [-0.4, -0.2) is 9.78 Å². The van der Waals surface area contributed by atoms with Crippen LogP contribution in [0.25, 0.3) is 6.20 Å². The van der Waals surface area contributed by atoms with E-state index in [9.17, 15) is 0 Å². The van der Waals surface area contributed by atoms with Crippen LogP contribution >= 0.6 is 11.3 Å². The molecular formula is C16H21N3S. The first-order valence-electron chi connectivity index (χ1n) is 7.29. The van der Waals surface area contributed by atoms with E-state index in [-0.39, 0.29) is 0 Å². The molecule has 3 nitrogen and oxygen atoms in total. The maximum atomic E-state index is 4.23. The van der Waals surface area contributed by atoms with Gasteiger partial charge in [-0.05, 0) is 30.2 Å². The van der Waals surface area contributed by atoms with E-state index in [0.29, 0.717) is 6.04 Å². The number of thiophene rings is 1. The van der Waals surface area contributed by atoms with E-state index in [1.807, 2.05) is 23.7 Å². The SMILES string of the molecule is C=Cn1cc(CNC(c2cccs2)C2CCCC2)cn1. The van der Waals surface area contributed by atoms with Crippen LogP contribution in [0.5, 0.6) is 0 Å². The van der Waals surface area contributed by atoms with Gasteiger partial charge in [-0.1, -0.05) is 25.5 Å². The normalized spacial score (nSPS) is 17.4. The molecule has 3 rings (SSSR count). The third kappa shape index (κ3) is 3.02. The summed E-state index contributed by atoms with van der Waals surface area (Å²) in [5.74, 6) is 0.781. The van der Waals surface area contributed by atoms with Crippen molar-refractivity contribution >= 4 is 17.5 Å². The Morgan fingerprint density at radius 1 is 1.50 bits per heavy atom. The Bertz CT molecular complexity index is 538. The highest BCUT2D eigenvalue weighted by atomic mass is 32.1. The fraction of sp³-hybridized carbons (Fsp3) is 0.438. The van der Waals surface area contributed by atoms with Crippen LogP contribution < -0.4 is 5.32 Å². The van der Waals surface area contributed by atoms with Crippen molar-refractivity contribution in [1.29, 1.82) is 0 Å². The predicted molar refractivity (Wildman–Crippen MR) is 84.5 cm³/mol. The van der Waals surface area contributed by atoms with Gasteiger partial charge in [-0.15, -0.1) is 11.3 Å². The quantitative estimate of drug-likeness (QED) is 0.868. The number of hydrogen-bond donors (Lipinski definition) is 1. The molecule has 1 unspecified atom stereocenters. The number of nitrogens with one attached hydrogen (secondary N) is 1. The summed E-state index contributed by atoms with van der Waals surface area (Å²) in [6.07, 6.45) is 11.1. The fourth-order valence-electron chi connectivity index (χ4n) is 3.05. The Morgan fingerprint density at radius 3 is 3.00 bits per heavy atom. The zero-order valence-electron chi connectivity index (χ0n) is 11.7. The summed E-state index contributed by atoms with van der Waals surface area (Å²) in [6, 6.07) is 4.90. The molecule has 0 aliphatic heterocycles. The standard InChI is InChI=1S/C16H21N3S/c1-2-19-12-13(11-18-19)10-17-16(14-6-3-4-7-14)15-8-5-9-20-15/h2,5,8-9,11-12,14,16-17H,1,3-4,6-7,10H2. The van der Waals surface area contributed by atoms with E-state index < -0.39 is 0 Å². The van der Waals surface area contributed by atoms with Crippen molar-refractivity contribution in [2.75, 3.05) is 0 Å². The first-order chi connectivity index (χ1) is 9.86. The molecule has 1 aliphatic rings. The fourth-order valence-corrected chi connectivity index (χ4v) is 3.95. The van der Waals surface area contributed by atoms with Crippen LogP contribution in [0.3, 0.4) is 0 Å². The topological polar surface area (TPSA) is 29.9 Å². The van der Waals surface area contributed by atoms with E-state index in [2.05, 4.69) is 34.5 Å². The molecule has 2 aromatic heterocycles. The first kappa shape index (κ1) is 13.6. The molecular weight excluding hydrogens is 266 g/mol. The summed E-state index contributed by atoms with van der Waals surface area (Å²) in [5, 5.41) is 10.1. The van der Waals surface area contributed by atoms with Gasteiger partial charge in [-0.2, -0.15) is 5.10 Å². The van der Waals surface area contributed by atoms with Gasteiger partial charge in [0.05, 0.1) is 6.20 Å². The van der Waals surface area contributed by atoms with Gasteiger partial charge in [0.1, 0.15) is 0 Å². The lowest BCUT2D eigenvalue weighted by Crippen LogP contribution is -2.26. The second-order valence-electron chi connectivity index (χ2n) is 5.43. The van der Waals surface area contributed by atoms with Crippen molar-refractivity contribution in [3.8, 4) is 0 Å². The second-order valence-corrected chi connectivity index (χ2v) is 6.41. The van der Waals surface area contributed by atoms with Crippen molar-refractivity contribution in [2.24, 2.45) is 5.92 Å². The van der Waals surface area contributed by atoms with Crippen LogP contribution in [0.4, 0.5) is 0 Å². The molecule has 1 atom stereocenters. The Hall–Kier alpha value is -1.39. The Balaban J connectivity index is 1.68. The summed E-state index contributed by atoms with van der Waals surface area (Å²) < 4.78 is 1.76. The van der Waals surface area contributed by atoms with E-state index in [1.165, 1.54) is 36.1 Å². The molecule has 0 radical (unpaired) electrons. The van der Waals surface area contributed by atoms with E-state index in [0.717, 1.165) is 12.5 Å². The zero-order chi connectivity index (χ0) is 13.8. The highest BCUT2D eigenvalue weighted by molar-refractivity contribution is 7.10. The largest absolute Gasteiger partial charge is 0.305 e. The van der Waals surface area contributed by atoms with Crippen molar-refractivity contribution < 1.29 is 0 Å². The predicted octanol–water partition coefficient (Wildman–Crippen LogP) is 4.07. The van der Waals surface area contributed by atoms with Gasteiger partial charge in [0.2, 0.25) is 0 Å². The van der Waals surface area contributed by atoms with Crippen LogP contribution in [0.2, 0.25) is 0 Å². The van der Waals surface area contributed by atoms with Crippen LogP contribution in [0.15, 0.2) is 36.5 Å². The summed E-state index contributed by atoms with van der Waals surface area (Å²) in [6.45, 7) is 4.59.